The van der Waals surface area contributed by atoms with Gasteiger partial charge in [-0.25, -0.2) is 0 Å². The predicted molar refractivity (Wildman–Crippen MR) is 66.2 cm³/mol. The van der Waals surface area contributed by atoms with Crippen LogP contribution in [0.3, 0.4) is 0 Å². The summed E-state index contributed by atoms with van der Waals surface area (Å²) in [5, 5.41) is 11.6. The lowest BCUT2D eigenvalue weighted by atomic mass is 10.3. The van der Waals surface area contributed by atoms with Crippen LogP contribution in [0.25, 0.3) is 0 Å². The van der Waals surface area contributed by atoms with E-state index in [1.54, 1.807) is 0 Å². The number of hydrogen-bond donors (Lipinski definition) is 2. The minimum Gasteiger partial charge on any atom is -0.480 e. The van der Waals surface area contributed by atoms with Gasteiger partial charge in [-0.3, -0.25) is 19.4 Å². The molecule has 2 aliphatic rings. The zero-order valence-corrected chi connectivity index (χ0v) is 10.6. The standard InChI is InChI=1S/C12H21N3O3/c16-11(13-7-10-1-2-10)8-14-3-5-15(6-4-14)9-12(17)18/h10H,1-9H2,(H,13,16)(H,17,18). The van der Waals surface area contributed by atoms with Crippen molar-refractivity contribution in [3.63, 3.8) is 0 Å². The smallest absolute Gasteiger partial charge is 0.317 e. The molecule has 1 saturated carbocycles. The first-order chi connectivity index (χ1) is 8.63. The molecule has 0 aromatic carbocycles. The lowest BCUT2D eigenvalue weighted by molar-refractivity contribution is -0.139. The molecule has 1 aliphatic carbocycles. The van der Waals surface area contributed by atoms with E-state index in [0.29, 0.717) is 12.5 Å². The van der Waals surface area contributed by atoms with Gasteiger partial charge in [-0.05, 0) is 18.8 Å². The summed E-state index contributed by atoms with van der Waals surface area (Å²) in [6, 6.07) is 0. The molecule has 1 saturated heterocycles. The van der Waals surface area contributed by atoms with Crippen molar-refractivity contribution < 1.29 is 14.7 Å². The number of amides is 1. The Morgan fingerprint density at radius 2 is 1.61 bits per heavy atom. The number of nitrogens with zero attached hydrogens (tertiary/aromatic N) is 2. The van der Waals surface area contributed by atoms with Crippen LogP contribution in [0.2, 0.25) is 0 Å². The summed E-state index contributed by atoms with van der Waals surface area (Å²) in [7, 11) is 0. The van der Waals surface area contributed by atoms with Gasteiger partial charge in [0, 0.05) is 32.7 Å². The van der Waals surface area contributed by atoms with E-state index in [-0.39, 0.29) is 12.5 Å². The number of piperazine rings is 1. The monoisotopic (exact) mass is 255 g/mol. The van der Waals surface area contributed by atoms with Crippen molar-refractivity contribution in [1.29, 1.82) is 0 Å². The number of carboxylic acid groups (broad SMARTS) is 1. The first-order valence-corrected chi connectivity index (χ1v) is 6.56. The second-order valence-electron chi connectivity index (χ2n) is 5.19. The quantitative estimate of drug-likeness (QED) is 0.651. The van der Waals surface area contributed by atoms with Gasteiger partial charge >= 0.3 is 5.97 Å². The van der Waals surface area contributed by atoms with Gasteiger partial charge in [0.15, 0.2) is 0 Å². The van der Waals surface area contributed by atoms with E-state index in [4.69, 9.17) is 5.11 Å². The highest BCUT2D eigenvalue weighted by Gasteiger charge is 2.23. The molecule has 1 heterocycles. The van der Waals surface area contributed by atoms with Crippen molar-refractivity contribution >= 4 is 11.9 Å². The van der Waals surface area contributed by atoms with E-state index in [1.807, 2.05) is 4.90 Å². The first-order valence-electron chi connectivity index (χ1n) is 6.56. The van der Waals surface area contributed by atoms with Gasteiger partial charge < -0.3 is 10.4 Å². The van der Waals surface area contributed by atoms with Gasteiger partial charge in [0.05, 0.1) is 13.1 Å². The molecule has 0 atom stereocenters. The van der Waals surface area contributed by atoms with Crippen molar-refractivity contribution in [3.8, 4) is 0 Å². The van der Waals surface area contributed by atoms with Gasteiger partial charge in [-0.2, -0.15) is 0 Å². The number of hydrogen-bond acceptors (Lipinski definition) is 4. The fourth-order valence-corrected chi connectivity index (χ4v) is 2.14. The maximum Gasteiger partial charge on any atom is 0.317 e. The summed E-state index contributed by atoms with van der Waals surface area (Å²) < 4.78 is 0. The Balaban J connectivity index is 1.60. The van der Waals surface area contributed by atoms with Crippen LogP contribution < -0.4 is 5.32 Å². The molecule has 2 fully saturated rings. The highest BCUT2D eigenvalue weighted by molar-refractivity contribution is 5.78. The number of rotatable bonds is 6. The first kappa shape index (κ1) is 13.3. The molecule has 1 amide bonds. The molecule has 0 aromatic rings. The molecule has 0 bridgehead atoms. The Kier molecular flexibility index (Phi) is 4.54. The van der Waals surface area contributed by atoms with Crippen molar-refractivity contribution in [3.05, 3.63) is 0 Å². The lowest BCUT2D eigenvalue weighted by Crippen LogP contribution is -2.50. The molecular formula is C12H21N3O3. The maximum atomic E-state index is 11.6. The summed E-state index contributed by atoms with van der Waals surface area (Å²) in [5.41, 5.74) is 0. The van der Waals surface area contributed by atoms with Crippen LogP contribution in [0.4, 0.5) is 0 Å². The predicted octanol–water partition coefficient (Wildman–Crippen LogP) is -0.785. The van der Waals surface area contributed by atoms with Crippen LogP contribution in [0.15, 0.2) is 0 Å². The lowest BCUT2D eigenvalue weighted by Gasteiger charge is -2.33. The number of carbonyl (C=O) groups is 2. The topological polar surface area (TPSA) is 72.9 Å². The Hall–Kier alpha value is -1.14. The molecule has 102 valence electrons. The molecule has 2 rings (SSSR count). The SMILES string of the molecule is O=C(O)CN1CCN(CC(=O)NCC2CC2)CC1. The molecule has 0 unspecified atom stereocenters. The van der Waals surface area contributed by atoms with Gasteiger partial charge in [-0.1, -0.05) is 0 Å². The van der Waals surface area contributed by atoms with E-state index in [9.17, 15) is 9.59 Å². The minimum absolute atomic E-state index is 0.0913. The Morgan fingerprint density at radius 1 is 1.06 bits per heavy atom. The molecule has 6 nitrogen and oxygen atoms in total. The van der Waals surface area contributed by atoms with Crippen LogP contribution in [0.1, 0.15) is 12.8 Å². The van der Waals surface area contributed by atoms with Crippen LogP contribution in [-0.4, -0.2) is 72.6 Å². The average molecular weight is 255 g/mol. The zero-order valence-electron chi connectivity index (χ0n) is 10.6. The summed E-state index contributed by atoms with van der Waals surface area (Å²) in [6.45, 7) is 4.34. The van der Waals surface area contributed by atoms with Crippen LogP contribution >= 0.6 is 0 Å². The second kappa shape index (κ2) is 6.15. The Morgan fingerprint density at radius 3 is 2.11 bits per heavy atom. The number of carboxylic acids is 1. The van der Waals surface area contributed by atoms with E-state index < -0.39 is 5.97 Å². The maximum absolute atomic E-state index is 11.6. The fraction of sp³-hybridized carbons (Fsp3) is 0.833. The summed E-state index contributed by atoms with van der Waals surface area (Å²) in [6.07, 6.45) is 2.49. The summed E-state index contributed by atoms with van der Waals surface area (Å²) >= 11 is 0. The summed E-state index contributed by atoms with van der Waals surface area (Å²) in [4.78, 5) is 26.2. The van der Waals surface area contributed by atoms with Gasteiger partial charge in [0.2, 0.25) is 5.91 Å². The molecular weight excluding hydrogens is 234 g/mol. The van der Waals surface area contributed by atoms with E-state index in [1.165, 1.54) is 12.8 Å². The minimum atomic E-state index is -0.786. The van der Waals surface area contributed by atoms with Crippen LogP contribution in [0, 0.1) is 5.92 Å². The van der Waals surface area contributed by atoms with Gasteiger partial charge in [0.25, 0.3) is 0 Å². The van der Waals surface area contributed by atoms with Crippen molar-refractivity contribution in [1.82, 2.24) is 15.1 Å². The zero-order chi connectivity index (χ0) is 13.0. The van der Waals surface area contributed by atoms with Gasteiger partial charge in [-0.15, -0.1) is 0 Å². The van der Waals surface area contributed by atoms with Crippen molar-refractivity contribution in [2.75, 3.05) is 45.8 Å². The third-order valence-electron chi connectivity index (χ3n) is 3.48. The number of nitrogens with one attached hydrogen (secondary N) is 1. The van der Waals surface area contributed by atoms with E-state index in [0.717, 1.165) is 32.7 Å². The molecule has 18 heavy (non-hydrogen) atoms. The van der Waals surface area contributed by atoms with Crippen LogP contribution in [-0.2, 0) is 9.59 Å². The second-order valence-corrected chi connectivity index (χ2v) is 5.19. The molecule has 0 spiro atoms. The number of carbonyl (C=O) groups excluding carboxylic acids is 1. The molecule has 6 heteroatoms. The normalized spacial score (nSPS) is 21.8. The third-order valence-corrected chi connectivity index (χ3v) is 3.48. The third kappa shape index (κ3) is 4.62. The highest BCUT2D eigenvalue weighted by atomic mass is 16.4. The number of aliphatic carboxylic acids is 1. The van der Waals surface area contributed by atoms with E-state index >= 15 is 0 Å². The summed E-state index contributed by atoms with van der Waals surface area (Å²) in [5.74, 6) is 0.0144. The Bertz CT molecular complexity index is 310. The van der Waals surface area contributed by atoms with Crippen LogP contribution in [0.5, 0.6) is 0 Å². The molecule has 2 N–H and O–H groups in total. The fourth-order valence-electron chi connectivity index (χ4n) is 2.14. The Labute approximate surface area is 107 Å². The molecule has 1 aliphatic heterocycles. The van der Waals surface area contributed by atoms with Gasteiger partial charge in [0.1, 0.15) is 0 Å². The van der Waals surface area contributed by atoms with Crippen molar-refractivity contribution in [2.45, 2.75) is 12.8 Å². The van der Waals surface area contributed by atoms with Crippen molar-refractivity contribution in [2.24, 2.45) is 5.92 Å². The average Bonchev–Trinajstić information content (AvgIpc) is 3.12. The molecule has 0 aromatic heterocycles. The highest BCUT2D eigenvalue weighted by Crippen LogP contribution is 2.27. The largest absolute Gasteiger partial charge is 0.480 e. The molecule has 0 radical (unpaired) electrons. The van der Waals surface area contributed by atoms with E-state index in [2.05, 4.69) is 10.2 Å².